The van der Waals surface area contributed by atoms with Crippen molar-refractivity contribution >= 4 is 0 Å². The van der Waals surface area contributed by atoms with Crippen LogP contribution in [-0.2, 0) is 12.8 Å². The summed E-state index contributed by atoms with van der Waals surface area (Å²) in [6.07, 6.45) is 1.40. The molecule has 0 saturated heterocycles. The van der Waals surface area contributed by atoms with Crippen LogP contribution in [-0.4, -0.2) is 6.02 Å². The van der Waals surface area contributed by atoms with Crippen LogP contribution in [0.25, 0.3) is 0 Å². The van der Waals surface area contributed by atoms with E-state index in [1.54, 1.807) is 0 Å². The summed E-state index contributed by atoms with van der Waals surface area (Å²) in [5.74, 6) is 0. The second-order valence-electron chi connectivity index (χ2n) is 2.78. The Hall–Kier alpha value is -0.820. The maximum absolute atomic E-state index is 7.65. The summed E-state index contributed by atoms with van der Waals surface area (Å²) in [6, 6.07) is 7.36. The molecule has 2 N–H and O–H groups in total. The zero-order valence-corrected chi connectivity index (χ0v) is 5.80. The van der Waals surface area contributed by atoms with E-state index in [9.17, 15) is 0 Å². The fourth-order valence-electron chi connectivity index (χ4n) is 1.45. The van der Waals surface area contributed by atoms with Crippen molar-refractivity contribution in [3.8, 4) is 0 Å². The highest BCUT2D eigenvalue weighted by molar-refractivity contribution is 5.32. The third-order valence-electron chi connectivity index (χ3n) is 1.95. The van der Waals surface area contributed by atoms with Crippen molar-refractivity contribution in [2.24, 2.45) is 5.73 Å². The van der Waals surface area contributed by atoms with E-state index >= 15 is 0 Å². The molecule has 0 atom stereocenters. The molecule has 10 heavy (non-hydrogen) atoms. The average Bonchev–Trinajstić information content (AvgIpc) is 2.21. The van der Waals surface area contributed by atoms with E-state index in [0.717, 1.165) is 0 Å². The normalized spacial score (nSPS) is 21.9. The molecule has 0 amide bonds. The molecule has 0 aromatic heterocycles. The van der Waals surface area contributed by atoms with Gasteiger partial charge in [0.25, 0.3) is 0 Å². The van der Waals surface area contributed by atoms with Gasteiger partial charge in [0.05, 0.1) is 0 Å². The Kier molecular flexibility index (Phi) is 1.03. The molecule has 1 aliphatic carbocycles. The third-order valence-corrected chi connectivity index (χ3v) is 1.95. The zero-order chi connectivity index (χ0) is 7.90. The molecular formula is C9H11N. The first kappa shape index (κ1) is 4.91. The summed E-state index contributed by atoms with van der Waals surface area (Å²) >= 11 is 0. The van der Waals surface area contributed by atoms with E-state index in [-0.39, 0.29) is 0 Å². The number of benzene rings is 1. The van der Waals surface area contributed by atoms with Crippen LogP contribution in [0.4, 0.5) is 0 Å². The highest BCUT2D eigenvalue weighted by Gasteiger charge is 2.15. The molecule has 1 aromatic rings. The number of hydrogen-bond donors (Lipinski definition) is 1. The highest BCUT2D eigenvalue weighted by atomic mass is 14.6. The van der Waals surface area contributed by atoms with Crippen molar-refractivity contribution in [2.75, 3.05) is 0 Å². The molecule has 0 saturated carbocycles. The Labute approximate surface area is 62.3 Å². The lowest BCUT2D eigenvalue weighted by molar-refractivity contribution is 0.721. The van der Waals surface area contributed by atoms with Gasteiger partial charge in [-0.15, -0.1) is 0 Å². The van der Waals surface area contributed by atoms with Crippen molar-refractivity contribution in [1.82, 2.24) is 0 Å². The van der Waals surface area contributed by atoms with Gasteiger partial charge in [-0.3, -0.25) is 0 Å². The van der Waals surface area contributed by atoms with Gasteiger partial charge >= 0.3 is 0 Å². The van der Waals surface area contributed by atoms with E-state index in [4.69, 9.17) is 7.10 Å². The predicted octanol–water partition coefficient (Wildman–Crippen LogP) is 1.11. The second kappa shape index (κ2) is 2.10. The monoisotopic (exact) mass is 134 g/mol. The van der Waals surface area contributed by atoms with Gasteiger partial charge in [-0.25, -0.2) is 0 Å². The van der Waals surface area contributed by atoms with Crippen molar-refractivity contribution < 1.29 is 1.37 Å². The van der Waals surface area contributed by atoms with Crippen LogP contribution in [0.5, 0.6) is 0 Å². The SMILES string of the molecule is [2H]C1(N)Cc2ccccc2C1. The fraction of sp³-hybridized carbons (Fsp3) is 0.333. The highest BCUT2D eigenvalue weighted by Crippen LogP contribution is 2.19. The zero-order valence-electron chi connectivity index (χ0n) is 6.80. The van der Waals surface area contributed by atoms with Crippen LogP contribution in [0.15, 0.2) is 24.3 Å². The summed E-state index contributed by atoms with van der Waals surface area (Å²) in [7, 11) is 0. The quantitative estimate of drug-likeness (QED) is 0.565. The van der Waals surface area contributed by atoms with Crippen molar-refractivity contribution in [2.45, 2.75) is 18.9 Å². The molecule has 1 aliphatic rings. The summed E-state index contributed by atoms with van der Waals surface area (Å²) in [5.41, 5.74) is 8.18. The molecule has 0 radical (unpaired) electrons. The van der Waals surface area contributed by atoms with Crippen molar-refractivity contribution in [3.05, 3.63) is 35.4 Å². The average molecular weight is 134 g/mol. The van der Waals surface area contributed by atoms with Crippen LogP contribution in [0.2, 0.25) is 0 Å². The maximum Gasteiger partial charge on any atom is 0.0469 e. The molecule has 0 spiro atoms. The van der Waals surface area contributed by atoms with Crippen LogP contribution in [0, 0.1) is 0 Å². The lowest BCUT2D eigenvalue weighted by Gasteiger charge is -1.94. The molecule has 52 valence electrons. The van der Waals surface area contributed by atoms with Crippen LogP contribution in [0.1, 0.15) is 12.5 Å². The minimum absolute atomic E-state index is 0.698. The Morgan fingerprint density at radius 1 is 1.30 bits per heavy atom. The fourth-order valence-corrected chi connectivity index (χ4v) is 1.45. The first-order valence-electron chi connectivity index (χ1n) is 4.03. The van der Waals surface area contributed by atoms with Gasteiger partial charge in [-0.2, -0.15) is 0 Å². The second-order valence-corrected chi connectivity index (χ2v) is 2.78. The van der Waals surface area contributed by atoms with Gasteiger partial charge in [0, 0.05) is 7.39 Å². The van der Waals surface area contributed by atoms with Gasteiger partial charge in [-0.1, -0.05) is 24.3 Å². The van der Waals surface area contributed by atoms with Gasteiger partial charge in [0.2, 0.25) is 0 Å². The summed E-state index contributed by atoms with van der Waals surface area (Å²) in [5, 5.41) is 0. The van der Waals surface area contributed by atoms with Crippen LogP contribution >= 0.6 is 0 Å². The summed E-state index contributed by atoms with van der Waals surface area (Å²) < 4.78 is 7.65. The standard InChI is InChI=1S/C9H11N/c10-9-5-7-3-1-2-4-8(7)6-9/h1-4,9H,5-6,10H2/i9D. The molecule has 0 heterocycles. The van der Waals surface area contributed by atoms with E-state index in [1.807, 2.05) is 12.1 Å². The van der Waals surface area contributed by atoms with Gasteiger partial charge in [0.15, 0.2) is 0 Å². The van der Waals surface area contributed by atoms with Crippen LogP contribution < -0.4 is 5.73 Å². The molecule has 0 bridgehead atoms. The topological polar surface area (TPSA) is 26.0 Å². The first-order valence-corrected chi connectivity index (χ1v) is 3.53. The lowest BCUT2D eigenvalue weighted by atomic mass is 10.1. The minimum atomic E-state index is -0.746. The van der Waals surface area contributed by atoms with E-state index in [1.165, 1.54) is 11.1 Å². The predicted molar refractivity (Wildman–Crippen MR) is 41.8 cm³/mol. The molecule has 1 aromatic carbocycles. The maximum atomic E-state index is 7.65. The lowest BCUT2D eigenvalue weighted by Crippen LogP contribution is -2.18. The molecule has 0 fully saturated rings. The Morgan fingerprint density at radius 2 is 1.80 bits per heavy atom. The minimum Gasteiger partial charge on any atom is -0.327 e. The van der Waals surface area contributed by atoms with Gasteiger partial charge in [-0.05, 0) is 24.0 Å². The van der Waals surface area contributed by atoms with E-state index < -0.39 is 6.02 Å². The smallest absolute Gasteiger partial charge is 0.0469 e. The number of fused-ring (bicyclic) bond motifs is 1. The number of nitrogens with two attached hydrogens (primary N) is 1. The molecule has 2 rings (SSSR count). The molecule has 0 aliphatic heterocycles. The van der Waals surface area contributed by atoms with Gasteiger partial charge in [0.1, 0.15) is 0 Å². The summed E-state index contributed by atoms with van der Waals surface area (Å²) in [4.78, 5) is 0. The van der Waals surface area contributed by atoms with Crippen molar-refractivity contribution in [3.63, 3.8) is 0 Å². The van der Waals surface area contributed by atoms with E-state index in [2.05, 4.69) is 12.1 Å². The largest absolute Gasteiger partial charge is 0.327 e. The molecule has 1 heteroatoms. The Morgan fingerprint density at radius 3 is 2.30 bits per heavy atom. The number of hydrogen-bond acceptors (Lipinski definition) is 1. The van der Waals surface area contributed by atoms with Crippen molar-refractivity contribution in [1.29, 1.82) is 0 Å². The number of rotatable bonds is 0. The summed E-state index contributed by atoms with van der Waals surface area (Å²) in [6.45, 7) is 0. The molecular weight excluding hydrogens is 122 g/mol. The van der Waals surface area contributed by atoms with E-state index in [0.29, 0.717) is 12.8 Å². The van der Waals surface area contributed by atoms with Gasteiger partial charge < -0.3 is 5.73 Å². The molecule has 1 nitrogen and oxygen atoms in total. The Bertz CT molecular complexity index is 254. The Balaban J connectivity index is 2.41. The first-order chi connectivity index (χ1) is 5.17. The third kappa shape index (κ3) is 0.830. The molecule has 0 unspecified atom stereocenters. The van der Waals surface area contributed by atoms with Crippen LogP contribution in [0.3, 0.4) is 0 Å².